The minimum atomic E-state index is -4.68. The van der Waals surface area contributed by atoms with Gasteiger partial charge in [-0.3, -0.25) is 18.6 Å². The molecule has 2 unspecified atom stereocenters. The summed E-state index contributed by atoms with van der Waals surface area (Å²) in [6.45, 7) is 4.24. The number of ether oxygens (including phenoxy) is 2. The van der Waals surface area contributed by atoms with E-state index in [4.69, 9.17) is 19.1 Å². The Labute approximate surface area is 331 Å². The van der Waals surface area contributed by atoms with Crippen LogP contribution >= 0.6 is 7.82 Å². The van der Waals surface area contributed by atoms with Crippen molar-refractivity contribution in [1.29, 1.82) is 0 Å². The summed E-state index contributed by atoms with van der Waals surface area (Å²) in [6, 6.07) is 0. The Morgan fingerprint density at radius 3 is 1.73 bits per heavy atom. The van der Waals surface area contributed by atoms with Gasteiger partial charge in [0.05, 0.1) is 25.9 Å². The number of rotatable bonds is 36. The SMILES string of the molecule is CC/C=C\C/C=C\C/C=C\C/C=C\C/C=C\C=C/C(O)CCC(=O)O[C@H](COC(=O)CCCCCCCCCCCC(C)C)COP(=O)(O)OC[C@@H](O)CO. The molecule has 0 aliphatic heterocycles. The summed E-state index contributed by atoms with van der Waals surface area (Å²) in [5, 5.41) is 28.6. The van der Waals surface area contributed by atoms with Crippen molar-refractivity contribution >= 4 is 19.8 Å². The lowest BCUT2D eigenvalue weighted by atomic mass is 10.0. The fourth-order valence-electron chi connectivity index (χ4n) is 4.99. The molecule has 0 rings (SSSR count). The molecule has 0 heterocycles. The number of carbonyl (C=O) groups is 2. The number of phosphoric acid groups is 1. The first kappa shape index (κ1) is 52.4. The van der Waals surface area contributed by atoms with Crippen LogP contribution < -0.4 is 0 Å². The fourth-order valence-corrected chi connectivity index (χ4v) is 5.78. The van der Waals surface area contributed by atoms with Gasteiger partial charge in [-0.05, 0) is 50.9 Å². The third-order valence-corrected chi connectivity index (χ3v) is 9.12. The number of unbranched alkanes of at least 4 members (excludes halogenated alkanes) is 8. The average molecular weight is 797 g/mol. The van der Waals surface area contributed by atoms with E-state index in [2.05, 4.69) is 73.9 Å². The van der Waals surface area contributed by atoms with E-state index in [1.165, 1.54) is 38.5 Å². The first-order chi connectivity index (χ1) is 26.5. The van der Waals surface area contributed by atoms with E-state index < -0.39 is 64.5 Å². The largest absolute Gasteiger partial charge is 0.472 e. The van der Waals surface area contributed by atoms with Gasteiger partial charge in [0, 0.05) is 12.8 Å². The normalized spacial score (nSPS) is 15.3. The molecule has 0 aliphatic rings. The van der Waals surface area contributed by atoms with Crippen molar-refractivity contribution in [1.82, 2.24) is 0 Å². The second-order valence-electron chi connectivity index (χ2n) is 14.0. The fraction of sp³-hybridized carbons (Fsp3) is 0.674. The number of esters is 2. The first-order valence-electron chi connectivity index (χ1n) is 20.4. The molecule has 0 amide bonds. The number of aliphatic hydroxyl groups excluding tert-OH is 3. The highest BCUT2D eigenvalue weighted by Crippen LogP contribution is 2.43. The minimum Gasteiger partial charge on any atom is -0.462 e. The van der Waals surface area contributed by atoms with Gasteiger partial charge in [0.25, 0.3) is 0 Å². The second kappa shape index (κ2) is 37.0. The highest BCUT2D eigenvalue weighted by Gasteiger charge is 2.27. The Balaban J connectivity index is 4.60. The minimum absolute atomic E-state index is 0.0617. The zero-order chi connectivity index (χ0) is 40.8. The molecule has 0 saturated carbocycles. The molecule has 11 nitrogen and oxygen atoms in total. The van der Waals surface area contributed by atoms with Crippen LogP contribution in [0.1, 0.15) is 136 Å². The first-order valence-corrected chi connectivity index (χ1v) is 21.9. The molecule has 0 aliphatic carbocycles. The van der Waals surface area contributed by atoms with Gasteiger partial charge in [0.15, 0.2) is 6.10 Å². The molecule has 0 saturated heterocycles. The molecular formula is C43H73O11P. The Morgan fingerprint density at radius 2 is 1.16 bits per heavy atom. The highest BCUT2D eigenvalue weighted by molar-refractivity contribution is 7.47. The Morgan fingerprint density at radius 1 is 0.636 bits per heavy atom. The third kappa shape index (κ3) is 38.0. The Kier molecular flexibility index (Phi) is 35.2. The third-order valence-electron chi connectivity index (χ3n) is 8.17. The van der Waals surface area contributed by atoms with Crippen LogP contribution in [-0.2, 0) is 32.7 Å². The van der Waals surface area contributed by atoms with Crippen molar-refractivity contribution in [2.75, 3.05) is 26.4 Å². The van der Waals surface area contributed by atoms with Crippen LogP contribution in [0.25, 0.3) is 0 Å². The van der Waals surface area contributed by atoms with Gasteiger partial charge in [0.1, 0.15) is 12.7 Å². The lowest BCUT2D eigenvalue weighted by Gasteiger charge is -2.20. The number of allylic oxidation sites excluding steroid dienone is 11. The van der Waals surface area contributed by atoms with Crippen LogP contribution in [0.2, 0.25) is 0 Å². The van der Waals surface area contributed by atoms with Crippen LogP contribution in [0.4, 0.5) is 0 Å². The number of carbonyl (C=O) groups excluding carboxylic acids is 2. The molecule has 0 aromatic carbocycles. The molecule has 4 atom stereocenters. The second-order valence-corrected chi connectivity index (χ2v) is 15.4. The molecule has 0 radical (unpaired) electrons. The molecule has 55 heavy (non-hydrogen) atoms. The zero-order valence-electron chi connectivity index (χ0n) is 33.9. The van der Waals surface area contributed by atoms with Crippen molar-refractivity contribution in [2.24, 2.45) is 5.92 Å². The van der Waals surface area contributed by atoms with Crippen LogP contribution in [0.5, 0.6) is 0 Å². The predicted octanol–water partition coefficient (Wildman–Crippen LogP) is 9.32. The predicted molar refractivity (Wildman–Crippen MR) is 220 cm³/mol. The van der Waals surface area contributed by atoms with E-state index in [1.807, 2.05) is 12.2 Å². The topological polar surface area (TPSA) is 169 Å². The van der Waals surface area contributed by atoms with E-state index in [0.717, 1.165) is 57.3 Å². The maximum absolute atomic E-state index is 12.6. The molecule has 0 bridgehead atoms. The maximum atomic E-state index is 12.6. The summed E-state index contributed by atoms with van der Waals surface area (Å²) in [6.07, 6.45) is 36.4. The van der Waals surface area contributed by atoms with E-state index >= 15 is 0 Å². The molecule has 4 N–H and O–H groups in total. The van der Waals surface area contributed by atoms with Crippen molar-refractivity contribution < 1.29 is 52.9 Å². The molecular weight excluding hydrogens is 723 g/mol. The summed E-state index contributed by atoms with van der Waals surface area (Å²) >= 11 is 0. The van der Waals surface area contributed by atoms with Gasteiger partial charge < -0.3 is 29.7 Å². The average Bonchev–Trinajstić information content (AvgIpc) is 3.15. The summed E-state index contributed by atoms with van der Waals surface area (Å²) in [7, 11) is -4.68. The molecule has 0 spiro atoms. The molecule has 0 fully saturated rings. The van der Waals surface area contributed by atoms with Gasteiger partial charge in [0.2, 0.25) is 0 Å². The summed E-state index contributed by atoms with van der Waals surface area (Å²) in [5.74, 6) is -0.453. The van der Waals surface area contributed by atoms with Gasteiger partial charge in [-0.15, -0.1) is 0 Å². The van der Waals surface area contributed by atoms with E-state index in [9.17, 15) is 29.3 Å². The van der Waals surface area contributed by atoms with Gasteiger partial charge in [-0.1, -0.05) is 151 Å². The quantitative estimate of drug-likeness (QED) is 0.0157. The monoisotopic (exact) mass is 796 g/mol. The van der Waals surface area contributed by atoms with Crippen LogP contribution in [0.3, 0.4) is 0 Å². The van der Waals surface area contributed by atoms with Gasteiger partial charge >= 0.3 is 19.8 Å². The summed E-state index contributed by atoms with van der Waals surface area (Å²) in [4.78, 5) is 34.9. The van der Waals surface area contributed by atoms with Crippen molar-refractivity contribution in [2.45, 2.75) is 155 Å². The van der Waals surface area contributed by atoms with E-state index in [1.54, 1.807) is 12.2 Å². The lowest BCUT2D eigenvalue weighted by Crippen LogP contribution is -2.30. The number of hydrogen-bond acceptors (Lipinski definition) is 10. The Bertz CT molecular complexity index is 1180. The Hall–Kier alpha value is -2.63. The van der Waals surface area contributed by atoms with Crippen LogP contribution in [0, 0.1) is 5.92 Å². The lowest BCUT2D eigenvalue weighted by molar-refractivity contribution is -0.161. The smallest absolute Gasteiger partial charge is 0.462 e. The standard InChI is InChI=1S/C43H73O11P/c1-4-5-6-7-8-9-10-11-12-13-14-15-18-21-24-27-30-39(45)32-33-43(48)54-41(37-53-55(49,50)52-35-40(46)34-44)36-51-42(47)31-28-25-22-19-16-17-20-23-26-29-38(2)3/h5-6,8-9,11-12,14-15,21,24,27,30,38-41,44-46H,4,7,10,13,16-20,22-23,25-26,28-29,31-37H2,1-3H3,(H,49,50)/b6-5-,9-8-,12-11-,15-14-,24-21-,30-27-/t39?,40-,41+/m0/s1. The number of aliphatic hydroxyl groups is 3. The maximum Gasteiger partial charge on any atom is 0.472 e. The van der Waals surface area contributed by atoms with E-state index in [0.29, 0.717) is 6.42 Å². The summed E-state index contributed by atoms with van der Waals surface area (Å²) < 4.78 is 32.4. The number of hydrogen-bond donors (Lipinski definition) is 4. The van der Waals surface area contributed by atoms with Gasteiger partial charge in [-0.25, -0.2) is 4.57 Å². The van der Waals surface area contributed by atoms with Gasteiger partial charge in [-0.2, -0.15) is 0 Å². The van der Waals surface area contributed by atoms with Crippen LogP contribution in [-0.4, -0.2) is 76.9 Å². The van der Waals surface area contributed by atoms with Crippen molar-refractivity contribution in [3.8, 4) is 0 Å². The van der Waals surface area contributed by atoms with E-state index in [-0.39, 0.29) is 19.3 Å². The van der Waals surface area contributed by atoms with Crippen molar-refractivity contribution in [3.63, 3.8) is 0 Å². The van der Waals surface area contributed by atoms with Crippen molar-refractivity contribution in [3.05, 3.63) is 72.9 Å². The summed E-state index contributed by atoms with van der Waals surface area (Å²) in [5.41, 5.74) is 0. The molecule has 316 valence electrons. The number of phosphoric ester groups is 1. The molecule has 0 aromatic rings. The van der Waals surface area contributed by atoms with Crippen LogP contribution in [0.15, 0.2) is 72.9 Å². The molecule has 0 aromatic heterocycles. The highest BCUT2D eigenvalue weighted by atomic mass is 31.2. The zero-order valence-corrected chi connectivity index (χ0v) is 34.8. The molecule has 12 heteroatoms.